The van der Waals surface area contributed by atoms with Gasteiger partial charge < -0.3 is 4.98 Å². The highest BCUT2D eigenvalue weighted by atomic mass is 32.2. The molecule has 3 rings (SSSR count). The van der Waals surface area contributed by atoms with E-state index in [1.807, 2.05) is 13.0 Å². The summed E-state index contributed by atoms with van der Waals surface area (Å²) in [5.41, 5.74) is 3.13. The Balaban J connectivity index is 1.99. The summed E-state index contributed by atoms with van der Waals surface area (Å²) in [5.74, 6) is 1.20. The first-order chi connectivity index (χ1) is 9.19. The number of aromatic amines is 1. The van der Waals surface area contributed by atoms with Gasteiger partial charge in [-0.05, 0) is 56.3 Å². The van der Waals surface area contributed by atoms with E-state index >= 15 is 0 Å². The molecule has 19 heavy (non-hydrogen) atoms. The molecule has 0 aromatic carbocycles. The van der Waals surface area contributed by atoms with E-state index in [-0.39, 0.29) is 0 Å². The van der Waals surface area contributed by atoms with Gasteiger partial charge in [0.15, 0.2) is 10.4 Å². The number of hydrogen-bond donors (Lipinski definition) is 1. The molecule has 2 aromatic rings. The van der Waals surface area contributed by atoms with Crippen molar-refractivity contribution in [2.45, 2.75) is 44.4 Å². The topological polar surface area (TPSA) is 33.6 Å². The highest BCUT2D eigenvalue weighted by Crippen LogP contribution is 2.38. The number of imidazole rings is 1. The van der Waals surface area contributed by atoms with Gasteiger partial charge >= 0.3 is 0 Å². The van der Waals surface area contributed by atoms with E-state index in [1.54, 1.807) is 0 Å². The molecule has 1 aliphatic rings. The van der Waals surface area contributed by atoms with Crippen molar-refractivity contribution in [3.63, 3.8) is 0 Å². The van der Waals surface area contributed by atoms with Gasteiger partial charge in [0, 0.05) is 17.0 Å². The first kappa shape index (κ1) is 13.2. The van der Waals surface area contributed by atoms with Crippen LogP contribution < -0.4 is 0 Å². The van der Waals surface area contributed by atoms with E-state index in [4.69, 9.17) is 12.2 Å². The smallest absolute Gasteiger partial charge is 0.179 e. The molecular weight excluding hydrogens is 274 g/mol. The third-order valence-corrected chi connectivity index (χ3v) is 5.36. The molecule has 102 valence electrons. The zero-order chi connectivity index (χ0) is 13.4. The van der Waals surface area contributed by atoms with E-state index in [9.17, 15) is 0 Å². The molecule has 0 spiro atoms. The lowest BCUT2D eigenvalue weighted by atomic mass is 10.2. The number of nitrogens with zero attached hydrogens (tertiary/aromatic N) is 2. The van der Waals surface area contributed by atoms with Crippen molar-refractivity contribution in [1.82, 2.24) is 14.5 Å². The molecule has 1 saturated carbocycles. The molecule has 0 amide bonds. The summed E-state index contributed by atoms with van der Waals surface area (Å²) >= 11 is 7.57. The first-order valence-corrected chi connectivity index (χ1v) is 8.34. The van der Waals surface area contributed by atoms with Gasteiger partial charge in [-0.25, -0.2) is 4.98 Å². The van der Waals surface area contributed by atoms with Crippen molar-refractivity contribution in [2.24, 2.45) is 0 Å². The van der Waals surface area contributed by atoms with Crippen LogP contribution in [0, 0.1) is 11.7 Å². The second kappa shape index (κ2) is 5.29. The standard InChI is InChI=1S/C14H19N3S2/c1-3-19-11-6-5-10(8-11)17-13-12(16-14(17)18)7-4-9(2)15-13/h4,7,10-11H,3,5-6,8H2,1-2H3,(H,16,18). The number of rotatable bonds is 3. The maximum Gasteiger partial charge on any atom is 0.179 e. The minimum absolute atomic E-state index is 0.514. The molecule has 2 atom stereocenters. The van der Waals surface area contributed by atoms with Crippen LogP contribution in [0.3, 0.4) is 0 Å². The lowest BCUT2D eigenvalue weighted by Crippen LogP contribution is -2.07. The molecule has 1 fully saturated rings. The summed E-state index contributed by atoms with van der Waals surface area (Å²) in [7, 11) is 0. The SMILES string of the molecule is CCSC1CCC(n2c(=S)[nH]c3ccc(C)nc32)C1. The van der Waals surface area contributed by atoms with Crippen molar-refractivity contribution >= 4 is 35.1 Å². The van der Waals surface area contributed by atoms with Crippen LogP contribution in [0.4, 0.5) is 0 Å². The van der Waals surface area contributed by atoms with Crippen LogP contribution in [-0.4, -0.2) is 25.5 Å². The summed E-state index contributed by atoms with van der Waals surface area (Å²) in [6.45, 7) is 4.27. The summed E-state index contributed by atoms with van der Waals surface area (Å²) in [5, 5.41) is 0.784. The molecule has 1 aliphatic carbocycles. The van der Waals surface area contributed by atoms with E-state index in [0.29, 0.717) is 6.04 Å². The van der Waals surface area contributed by atoms with Crippen LogP contribution in [-0.2, 0) is 0 Å². The number of aryl methyl sites for hydroxylation is 1. The Morgan fingerprint density at radius 2 is 2.32 bits per heavy atom. The molecule has 5 heteroatoms. The molecule has 0 radical (unpaired) electrons. The van der Waals surface area contributed by atoms with Gasteiger partial charge in [-0.1, -0.05) is 6.92 Å². The lowest BCUT2D eigenvalue weighted by Gasteiger charge is -2.13. The van der Waals surface area contributed by atoms with E-state index in [1.165, 1.54) is 25.0 Å². The number of aromatic nitrogens is 3. The average Bonchev–Trinajstić information content (AvgIpc) is 2.93. The molecule has 0 bridgehead atoms. The number of fused-ring (bicyclic) bond motifs is 1. The van der Waals surface area contributed by atoms with Crippen LogP contribution in [0.1, 0.15) is 37.9 Å². The lowest BCUT2D eigenvalue weighted by molar-refractivity contribution is 0.524. The van der Waals surface area contributed by atoms with Crippen molar-refractivity contribution < 1.29 is 0 Å². The van der Waals surface area contributed by atoms with Gasteiger partial charge in [-0.3, -0.25) is 4.57 Å². The zero-order valence-electron chi connectivity index (χ0n) is 11.3. The number of pyridine rings is 1. The monoisotopic (exact) mass is 293 g/mol. The average molecular weight is 293 g/mol. The van der Waals surface area contributed by atoms with Crippen LogP contribution in [0.25, 0.3) is 11.2 Å². The Labute approximate surface area is 122 Å². The number of H-pyrrole nitrogens is 1. The van der Waals surface area contributed by atoms with Crippen LogP contribution in [0.2, 0.25) is 0 Å². The normalized spacial score (nSPS) is 23.3. The molecule has 2 aromatic heterocycles. The molecule has 0 aliphatic heterocycles. The van der Waals surface area contributed by atoms with Crippen LogP contribution >= 0.6 is 24.0 Å². The minimum Gasteiger partial charge on any atom is -0.329 e. The van der Waals surface area contributed by atoms with Gasteiger partial charge in [0.25, 0.3) is 0 Å². The molecule has 2 unspecified atom stereocenters. The number of thioether (sulfide) groups is 1. The molecule has 2 heterocycles. The Bertz CT molecular complexity index is 644. The highest BCUT2D eigenvalue weighted by Gasteiger charge is 2.27. The van der Waals surface area contributed by atoms with Crippen molar-refractivity contribution in [1.29, 1.82) is 0 Å². The third-order valence-electron chi connectivity index (χ3n) is 3.83. The van der Waals surface area contributed by atoms with Gasteiger partial charge in [0.1, 0.15) is 0 Å². The zero-order valence-corrected chi connectivity index (χ0v) is 13.0. The van der Waals surface area contributed by atoms with Crippen molar-refractivity contribution in [3.8, 4) is 0 Å². The fraction of sp³-hybridized carbons (Fsp3) is 0.571. The quantitative estimate of drug-likeness (QED) is 0.859. The Hall–Kier alpha value is -0.810. The second-order valence-corrected chi connectivity index (χ2v) is 7.13. The fourth-order valence-corrected chi connectivity index (χ4v) is 4.45. The number of nitrogens with one attached hydrogen (secondary N) is 1. The summed E-state index contributed by atoms with van der Waals surface area (Å²) in [4.78, 5) is 7.96. The van der Waals surface area contributed by atoms with E-state index < -0.39 is 0 Å². The summed E-state index contributed by atoms with van der Waals surface area (Å²) in [6, 6.07) is 4.62. The third kappa shape index (κ3) is 2.46. The van der Waals surface area contributed by atoms with Crippen molar-refractivity contribution in [2.75, 3.05) is 5.75 Å². The largest absolute Gasteiger partial charge is 0.329 e. The Morgan fingerprint density at radius 1 is 1.47 bits per heavy atom. The van der Waals surface area contributed by atoms with Gasteiger partial charge in [0.05, 0.1) is 5.52 Å². The van der Waals surface area contributed by atoms with Crippen molar-refractivity contribution in [3.05, 3.63) is 22.6 Å². The first-order valence-electron chi connectivity index (χ1n) is 6.88. The summed E-state index contributed by atoms with van der Waals surface area (Å²) < 4.78 is 3.06. The molecule has 0 saturated heterocycles. The summed E-state index contributed by atoms with van der Waals surface area (Å²) in [6.07, 6.45) is 3.73. The van der Waals surface area contributed by atoms with Gasteiger partial charge in [0.2, 0.25) is 0 Å². The van der Waals surface area contributed by atoms with Gasteiger partial charge in [-0.15, -0.1) is 0 Å². The number of hydrogen-bond acceptors (Lipinski definition) is 3. The minimum atomic E-state index is 0.514. The Kier molecular flexibility index (Phi) is 3.67. The second-order valence-electron chi connectivity index (χ2n) is 5.17. The predicted octanol–water partition coefficient (Wildman–Crippen LogP) is 4.25. The van der Waals surface area contributed by atoms with Gasteiger partial charge in [-0.2, -0.15) is 11.8 Å². The maximum absolute atomic E-state index is 5.50. The molecular formula is C14H19N3S2. The highest BCUT2D eigenvalue weighted by molar-refractivity contribution is 7.99. The fourth-order valence-electron chi connectivity index (χ4n) is 2.97. The molecule has 3 nitrogen and oxygen atoms in total. The van der Waals surface area contributed by atoms with Crippen LogP contribution in [0.5, 0.6) is 0 Å². The molecule has 1 N–H and O–H groups in total. The Morgan fingerprint density at radius 3 is 3.11 bits per heavy atom. The van der Waals surface area contributed by atoms with E-state index in [0.717, 1.165) is 26.9 Å². The predicted molar refractivity (Wildman–Crippen MR) is 84.5 cm³/mol. The van der Waals surface area contributed by atoms with Crippen LogP contribution in [0.15, 0.2) is 12.1 Å². The maximum atomic E-state index is 5.50. The van der Waals surface area contributed by atoms with E-state index in [2.05, 4.69) is 39.3 Å².